The van der Waals surface area contributed by atoms with E-state index >= 15 is 0 Å². The average Bonchev–Trinajstić information content (AvgIpc) is 2.39. The molecule has 0 bridgehead atoms. The van der Waals surface area contributed by atoms with Crippen LogP contribution in [0.4, 0.5) is 5.82 Å². The van der Waals surface area contributed by atoms with E-state index in [-0.39, 0.29) is 6.04 Å². The molecule has 0 spiro atoms. The maximum atomic E-state index is 5.45. The van der Waals surface area contributed by atoms with E-state index in [0.29, 0.717) is 6.54 Å². The molecule has 18 heavy (non-hydrogen) atoms. The standard InChI is InChI=1S/C15H23N3/c1-5-11-18(12-6-2)15-14(9-8-10-17-15)13(4)16-7-3/h1,8-10,13,16H,6-7,11-12H2,2-4H3. The Labute approximate surface area is 111 Å². The van der Waals surface area contributed by atoms with E-state index in [4.69, 9.17) is 6.42 Å². The Morgan fingerprint density at radius 1 is 1.50 bits per heavy atom. The molecule has 0 radical (unpaired) electrons. The van der Waals surface area contributed by atoms with E-state index in [1.165, 1.54) is 5.56 Å². The number of rotatable bonds is 7. The minimum Gasteiger partial charge on any atom is -0.345 e. The molecule has 1 N–H and O–H groups in total. The van der Waals surface area contributed by atoms with Gasteiger partial charge in [0.1, 0.15) is 5.82 Å². The van der Waals surface area contributed by atoms with Gasteiger partial charge in [-0.05, 0) is 26.0 Å². The smallest absolute Gasteiger partial charge is 0.134 e. The molecule has 3 heteroatoms. The first-order valence-electron chi connectivity index (χ1n) is 6.61. The van der Waals surface area contributed by atoms with Gasteiger partial charge in [-0.2, -0.15) is 0 Å². The fourth-order valence-electron chi connectivity index (χ4n) is 2.07. The summed E-state index contributed by atoms with van der Waals surface area (Å²) in [6, 6.07) is 4.39. The number of anilines is 1. The van der Waals surface area contributed by atoms with Crippen LogP contribution in [0, 0.1) is 12.3 Å². The number of terminal acetylenes is 1. The summed E-state index contributed by atoms with van der Waals surface area (Å²) in [4.78, 5) is 6.68. The summed E-state index contributed by atoms with van der Waals surface area (Å²) in [5.74, 6) is 3.72. The number of nitrogens with one attached hydrogen (secondary N) is 1. The summed E-state index contributed by atoms with van der Waals surface area (Å²) in [7, 11) is 0. The molecule has 0 saturated heterocycles. The Kier molecular flexibility index (Phi) is 6.24. The van der Waals surface area contributed by atoms with E-state index in [1.807, 2.05) is 12.3 Å². The molecule has 0 amide bonds. The van der Waals surface area contributed by atoms with Crippen molar-refractivity contribution < 1.29 is 0 Å². The van der Waals surface area contributed by atoms with Crippen LogP contribution in [0.2, 0.25) is 0 Å². The molecule has 1 heterocycles. The normalized spacial score (nSPS) is 11.9. The molecule has 98 valence electrons. The second-order valence-corrected chi connectivity index (χ2v) is 4.32. The SMILES string of the molecule is C#CCN(CCC)c1ncccc1C(C)NCC. The van der Waals surface area contributed by atoms with E-state index in [2.05, 4.69) is 48.0 Å². The lowest BCUT2D eigenvalue weighted by molar-refractivity contribution is 0.593. The van der Waals surface area contributed by atoms with Crippen molar-refractivity contribution in [3.63, 3.8) is 0 Å². The van der Waals surface area contributed by atoms with E-state index in [9.17, 15) is 0 Å². The number of hydrogen-bond acceptors (Lipinski definition) is 3. The molecule has 0 fully saturated rings. The van der Waals surface area contributed by atoms with Gasteiger partial charge in [0, 0.05) is 24.3 Å². The Hall–Kier alpha value is -1.53. The van der Waals surface area contributed by atoms with Crippen LogP contribution < -0.4 is 10.2 Å². The Balaban J connectivity index is 3.01. The third-order valence-electron chi connectivity index (χ3n) is 2.87. The summed E-state index contributed by atoms with van der Waals surface area (Å²) in [5, 5.41) is 3.42. The predicted octanol–water partition coefficient (Wildman–Crippen LogP) is 2.60. The highest BCUT2D eigenvalue weighted by molar-refractivity contribution is 5.49. The zero-order chi connectivity index (χ0) is 13.4. The van der Waals surface area contributed by atoms with Crippen LogP contribution in [0.25, 0.3) is 0 Å². The third kappa shape index (κ3) is 3.75. The highest BCUT2D eigenvalue weighted by Crippen LogP contribution is 2.23. The van der Waals surface area contributed by atoms with E-state index in [1.54, 1.807) is 0 Å². The van der Waals surface area contributed by atoms with Crippen molar-refractivity contribution in [1.29, 1.82) is 0 Å². The van der Waals surface area contributed by atoms with Crippen LogP contribution in [0.3, 0.4) is 0 Å². The highest BCUT2D eigenvalue weighted by atomic mass is 15.2. The largest absolute Gasteiger partial charge is 0.345 e. The molecule has 1 rings (SSSR count). The van der Waals surface area contributed by atoms with Gasteiger partial charge in [-0.1, -0.05) is 25.8 Å². The molecular weight excluding hydrogens is 222 g/mol. The Morgan fingerprint density at radius 3 is 2.89 bits per heavy atom. The minimum absolute atomic E-state index is 0.288. The number of aromatic nitrogens is 1. The quantitative estimate of drug-likeness (QED) is 0.748. The molecule has 1 aromatic heterocycles. The molecule has 0 aliphatic heterocycles. The summed E-state index contributed by atoms with van der Waals surface area (Å²) in [5.41, 5.74) is 1.21. The lowest BCUT2D eigenvalue weighted by Crippen LogP contribution is -2.28. The zero-order valence-corrected chi connectivity index (χ0v) is 11.6. The van der Waals surface area contributed by atoms with Crippen molar-refractivity contribution >= 4 is 5.82 Å². The molecule has 0 aliphatic rings. The number of hydrogen-bond donors (Lipinski definition) is 1. The zero-order valence-electron chi connectivity index (χ0n) is 11.6. The first kappa shape index (κ1) is 14.5. The Bertz CT molecular complexity index is 395. The van der Waals surface area contributed by atoms with Gasteiger partial charge in [0.25, 0.3) is 0 Å². The first-order chi connectivity index (χ1) is 8.74. The van der Waals surface area contributed by atoms with Gasteiger partial charge < -0.3 is 10.2 Å². The average molecular weight is 245 g/mol. The van der Waals surface area contributed by atoms with Crippen LogP contribution in [0.15, 0.2) is 18.3 Å². The van der Waals surface area contributed by atoms with Gasteiger partial charge in [-0.3, -0.25) is 0 Å². The summed E-state index contributed by atoms with van der Waals surface area (Å²) in [6.07, 6.45) is 8.34. The van der Waals surface area contributed by atoms with Gasteiger partial charge in [-0.15, -0.1) is 6.42 Å². The molecule has 0 saturated carbocycles. The molecule has 1 aromatic rings. The molecule has 1 unspecified atom stereocenters. The summed E-state index contributed by atoms with van der Waals surface area (Å²) in [6.45, 7) is 8.91. The van der Waals surface area contributed by atoms with Gasteiger partial charge in [0.15, 0.2) is 0 Å². The van der Waals surface area contributed by atoms with E-state index < -0.39 is 0 Å². The highest BCUT2D eigenvalue weighted by Gasteiger charge is 2.15. The lowest BCUT2D eigenvalue weighted by atomic mass is 10.1. The molecule has 3 nitrogen and oxygen atoms in total. The maximum Gasteiger partial charge on any atom is 0.134 e. The van der Waals surface area contributed by atoms with Crippen molar-refractivity contribution in [3.05, 3.63) is 23.9 Å². The monoisotopic (exact) mass is 245 g/mol. The molecule has 0 aromatic carbocycles. The Morgan fingerprint density at radius 2 is 2.28 bits per heavy atom. The fourth-order valence-corrected chi connectivity index (χ4v) is 2.07. The fraction of sp³-hybridized carbons (Fsp3) is 0.533. The molecule has 0 aliphatic carbocycles. The van der Waals surface area contributed by atoms with Gasteiger partial charge >= 0.3 is 0 Å². The van der Waals surface area contributed by atoms with Crippen LogP contribution in [-0.4, -0.2) is 24.6 Å². The second kappa shape index (κ2) is 7.73. The minimum atomic E-state index is 0.288. The van der Waals surface area contributed by atoms with Gasteiger partial charge in [0.05, 0.1) is 6.54 Å². The third-order valence-corrected chi connectivity index (χ3v) is 2.87. The molecular formula is C15H23N3. The van der Waals surface area contributed by atoms with Crippen molar-refractivity contribution in [2.45, 2.75) is 33.2 Å². The molecule has 1 atom stereocenters. The van der Waals surface area contributed by atoms with E-state index in [0.717, 1.165) is 25.3 Å². The maximum absolute atomic E-state index is 5.45. The first-order valence-corrected chi connectivity index (χ1v) is 6.61. The summed E-state index contributed by atoms with van der Waals surface area (Å²) < 4.78 is 0. The summed E-state index contributed by atoms with van der Waals surface area (Å²) >= 11 is 0. The van der Waals surface area contributed by atoms with Crippen LogP contribution in [0.1, 0.15) is 38.8 Å². The lowest BCUT2D eigenvalue weighted by Gasteiger charge is -2.25. The second-order valence-electron chi connectivity index (χ2n) is 4.32. The van der Waals surface area contributed by atoms with Gasteiger partial charge in [-0.25, -0.2) is 4.98 Å². The van der Waals surface area contributed by atoms with Crippen LogP contribution in [-0.2, 0) is 0 Å². The topological polar surface area (TPSA) is 28.2 Å². The van der Waals surface area contributed by atoms with Crippen molar-refractivity contribution in [3.8, 4) is 12.3 Å². The van der Waals surface area contributed by atoms with Crippen molar-refractivity contribution in [1.82, 2.24) is 10.3 Å². The van der Waals surface area contributed by atoms with Crippen molar-refractivity contribution in [2.24, 2.45) is 0 Å². The number of nitrogens with zero attached hydrogens (tertiary/aromatic N) is 2. The predicted molar refractivity (Wildman–Crippen MR) is 77.7 cm³/mol. The van der Waals surface area contributed by atoms with Crippen LogP contribution >= 0.6 is 0 Å². The number of pyridine rings is 1. The van der Waals surface area contributed by atoms with Gasteiger partial charge in [0.2, 0.25) is 0 Å². The van der Waals surface area contributed by atoms with Crippen molar-refractivity contribution in [2.75, 3.05) is 24.5 Å². The van der Waals surface area contributed by atoms with Crippen LogP contribution in [0.5, 0.6) is 0 Å².